The highest BCUT2D eigenvalue weighted by molar-refractivity contribution is 6.19. The van der Waals surface area contributed by atoms with Crippen LogP contribution in [0.4, 0.5) is 0 Å². The highest BCUT2D eigenvalue weighted by atomic mass is 35.5. The summed E-state index contributed by atoms with van der Waals surface area (Å²) in [4.78, 5) is 10.7. The molecular weight excluding hydrogens is 152 g/mol. The molecule has 0 aromatic carbocycles. The van der Waals surface area contributed by atoms with Gasteiger partial charge in [-0.1, -0.05) is 5.57 Å². The number of allylic oxidation sites excluding steroid dienone is 1. The molecule has 0 aromatic rings. The van der Waals surface area contributed by atoms with E-state index in [4.69, 9.17) is 11.6 Å². The van der Waals surface area contributed by atoms with Crippen LogP contribution in [-0.4, -0.2) is 18.5 Å². The highest BCUT2D eigenvalue weighted by Gasteiger charge is 1.95. The second-order valence-corrected chi connectivity index (χ2v) is 2.14. The molecule has 58 valence electrons. The third-order valence-electron chi connectivity index (χ3n) is 0.862. The lowest BCUT2D eigenvalue weighted by Crippen LogP contribution is -2.00. The average Bonchev–Trinajstić information content (AvgIpc) is 1.88. The van der Waals surface area contributed by atoms with Gasteiger partial charge in [0.25, 0.3) is 0 Å². The van der Waals surface area contributed by atoms with E-state index in [-0.39, 0.29) is 5.97 Å². The minimum absolute atomic E-state index is 0.319. The van der Waals surface area contributed by atoms with E-state index in [0.29, 0.717) is 12.5 Å². The maximum Gasteiger partial charge on any atom is 0.330 e. The van der Waals surface area contributed by atoms with E-state index in [9.17, 15) is 4.79 Å². The fourth-order valence-corrected chi connectivity index (χ4v) is 0.501. The molecule has 0 atom stereocenters. The molecule has 0 aliphatic heterocycles. The van der Waals surface area contributed by atoms with Crippen LogP contribution in [0.3, 0.4) is 0 Å². The van der Waals surface area contributed by atoms with E-state index in [1.807, 2.05) is 0 Å². The second kappa shape index (κ2) is 5.30. The molecule has 0 rings (SSSR count). The van der Waals surface area contributed by atoms with Crippen molar-refractivity contribution in [3.05, 3.63) is 11.6 Å². The van der Waals surface area contributed by atoms with Gasteiger partial charge in [0.05, 0.1) is 6.61 Å². The van der Waals surface area contributed by atoms with Gasteiger partial charge in [-0.05, 0) is 13.8 Å². The zero-order chi connectivity index (χ0) is 7.98. The van der Waals surface area contributed by atoms with E-state index in [1.165, 1.54) is 6.08 Å². The Morgan fingerprint density at radius 1 is 1.70 bits per heavy atom. The summed E-state index contributed by atoms with van der Waals surface area (Å²) in [6.45, 7) is 3.95. The van der Waals surface area contributed by atoms with Gasteiger partial charge in [0.15, 0.2) is 0 Å². The van der Waals surface area contributed by atoms with Crippen LogP contribution in [0.5, 0.6) is 0 Å². The number of hydrogen-bond donors (Lipinski definition) is 0. The van der Waals surface area contributed by atoms with Crippen molar-refractivity contribution in [2.75, 3.05) is 12.5 Å². The first kappa shape index (κ1) is 9.50. The summed E-state index contributed by atoms with van der Waals surface area (Å²) in [6, 6.07) is 0. The molecule has 0 saturated heterocycles. The molecule has 0 amide bonds. The number of hydrogen-bond acceptors (Lipinski definition) is 2. The van der Waals surface area contributed by atoms with Gasteiger partial charge < -0.3 is 4.74 Å². The lowest BCUT2D eigenvalue weighted by atomic mass is 10.3. The van der Waals surface area contributed by atoms with Crippen molar-refractivity contribution < 1.29 is 9.53 Å². The van der Waals surface area contributed by atoms with Crippen molar-refractivity contribution in [3.8, 4) is 0 Å². The Kier molecular flexibility index (Phi) is 5.03. The van der Waals surface area contributed by atoms with Crippen LogP contribution in [0.25, 0.3) is 0 Å². The lowest BCUT2D eigenvalue weighted by molar-refractivity contribution is -0.137. The van der Waals surface area contributed by atoms with Crippen molar-refractivity contribution in [2.24, 2.45) is 0 Å². The van der Waals surface area contributed by atoms with Crippen LogP contribution in [0.1, 0.15) is 13.8 Å². The molecule has 0 radical (unpaired) electrons. The van der Waals surface area contributed by atoms with Gasteiger partial charge in [-0.2, -0.15) is 0 Å². The summed E-state index contributed by atoms with van der Waals surface area (Å²) in [6.07, 6.45) is 1.40. The third kappa shape index (κ3) is 4.39. The number of ether oxygens (including phenoxy) is 1. The quantitative estimate of drug-likeness (QED) is 0.359. The Bertz CT molecular complexity index is 141. The van der Waals surface area contributed by atoms with Crippen molar-refractivity contribution in [1.82, 2.24) is 0 Å². The first-order valence-electron chi connectivity index (χ1n) is 3.10. The molecule has 0 heterocycles. The van der Waals surface area contributed by atoms with Crippen LogP contribution in [-0.2, 0) is 9.53 Å². The van der Waals surface area contributed by atoms with Crippen LogP contribution in [0, 0.1) is 0 Å². The SMILES string of the molecule is CCOC(=O)/C=C(/C)CCl. The van der Waals surface area contributed by atoms with Crippen molar-refractivity contribution in [3.63, 3.8) is 0 Å². The van der Waals surface area contributed by atoms with E-state index in [1.54, 1.807) is 13.8 Å². The predicted molar refractivity (Wildman–Crippen MR) is 41.1 cm³/mol. The summed E-state index contributed by atoms with van der Waals surface area (Å²) >= 11 is 5.42. The van der Waals surface area contributed by atoms with E-state index < -0.39 is 0 Å². The predicted octanol–water partition coefficient (Wildman–Crippen LogP) is 1.73. The first-order valence-corrected chi connectivity index (χ1v) is 3.64. The largest absolute Gasteiger partial charge is 0.463 e. The van der Waals surface area contributed by atoms with Gasteiger partial charge in [0.2, 0.25) is 0 Å². The van der Waals surface area contributed by atoms with Crippen LogP contribution in [0.2, 0.25) is 0 Å². The summed E-state index contributed by atoms with van der Waals surface area (Å²) in [5.74, 6) is 0.0550. The lowest BCUT2D eigenvalue weighted by Gasteiger charge is -1.95. The van der Waals surface area contributed by atoms with Gasteiger partial charge in [-0.25, -0.2) is 4.79 Å². The molecule has 0 fully saturated rings. The van der Waals surface area contributed by atoms with Crippen LogP contribution < -0.4 is 0 Å². The van der Waals surface area contributed by atoms with Crippen molar-refractivity contribution in [2.45, 2.75) is 13.8 Å². The normalized spacial score (nSPS) is 11.3. The van der Waals surface area contributed by atoms with E-state index in [2.05, 4.69) is 4.74 Å². The Labute approximate surface area is 65.8 Å². The second-order valence-electron chi connectivity index (χ2n) is 1.88. The molecule has 10 heavy (non-hydrogen) atoms. The minimum atomic E-state index is -0.319. The minimum Gasteiger partial charge on any atom is -0.463 e. The molecular formula is C7H11ClO2. The Hall–Kier alpha value is -0.500. The summed E-state index contributed by atoms with van der Waals surface area (Å²) < 4.78 is 4.64. The standard InChI is InChI=1S/C7H11ClO2/c1-3-10-7(9)4-6(2)5-8/h4H,3,5H2,1-2H3/b6-4-. The summed E-state index contributed by atoms with van der Waals surface area (Å²) in [5.41, 5.74) is 0.820. The molecule has 0 spiro atoms. The molecule has 0 saturated carbocycles. The molecule has 0 aliphatic rings. The van der Waals surface area contributed by atoms with E-state index >= 15 is 0 Å². The zero-order valence-electron chi connectivity index (χ0n) is 6.19. The van der Waals surface area contributed by atoms with Gasteiger partial charge in [-0.3, -0.25) is 0 Å². The van der Waals surface area contributed by atoms with Gasteiger partial charge in [-0.15, -0.1) is 11.6 Å². The van der Waals surface area contributed by atoms with Crippen molar-refractivity contribution in [1.29, 1.82) is 0 Å². The number of carbonyl (C=O) groups is 1. The molecule has 2 nitrogen and oxygen atoms in total. The fraction of sp³-hybridized carbons (Fsp3) is 0.571. The Balaban J connectivity index is 3.75. The summed E-state index contributed by atoms with van der Waals surface area (Å²) in [5, 5.41) is 0. The molecule has 0 N–H and O–H groups in total. The van der Waals surface area contributed by atoms with Gasteiger partial charge in [0.1, 0.15) is 0 Å². The number of halogens is 1. The maximum absolute atomic E-state index is 10.7. The van der Waals surface area contributed by atoms with Gasteiger partial charge in [0, 0.05) is 12.0 Å². The first-order chi connectivity index (χ1) is 4.70. The zero-order valence-corrected chi connectivity index (χ0v) is 6.94. The van der Waals surface area contributed by atoms with Gasteiger partial charge >= 0.3 is 5.97 Å². The molecule has 0 bridgehead atoms. The molecule has 0 unspecified atom stereocenters. The number of alkyl halides is 1. The van der Waals surface area contributed by atoms with Crippen LogP contribution >= 0.6 is 11.6 Å². The maximum atomic E-state index is 10.7. The topological polar surface area (TPSA) is 26.3 Å². The average molecular weight is 163 g/mol. The number of carbonyl (C=O) groups excluding carboxylic acids is 1. The third-order valence-corrected chi connectivity index (χ3v) is 1.28. The number of esters is 1. The fourth-order valence-electron chi connectivity index (χ4n) is 0.424. The Morgan fingerprint density at radius 3 is 2.70 bits per heavy atom. The molecule has 3 heteroatoms. The smallest absolute Gasteiger partial charge is 0.330 e. The monoisotopic (exact) mass is 162 g/mol. The van der Waals surface area contributed by atoms with Crippen LogP contribution in [0.15, 0.2) is 11.6 Å². The molecule has 0 aromatic heterocycles. The number of rotatable bonds is 3. The summed E-state index contributed by atoms with van der Waals surface area (Å²) in [7, 11) is 0. The molecule has 0 aliphatic carbocycles. The Morgan fingerprint density at radius 2 is 2.30 bits per heavy atom. The van der Waals surface area contributed by atoms with Crippen molar-refractivity contribution >= 4 is 17.6 Å². The highest BCUT2D eigenvalue weighted by Crippen LogP contribution is 1.95. The van der Waals surface area contributed by atoms with E-state index in [0.717, 1.165) is 5.57 Å².